The molecule has 0 radical (unpaired) electrons. The Balaban J connectivity index is 1.53. The van der Waals surface area contributed by atoms with Crippen LogP contribution < -0.4 is 5.73 Å². The van der Waals surface area contributed by atoms with Crippen molar-refractivity contribution in [2.45, 2.75) is 38.0 Å². The topological polar surface area (TPSA) is 80.2 Å². The molecule has 1 atom stereocenters. The lowest BCUT2D eigenvalue weighted by molar-refractivity contribution is 0.146. The number of aromatic nitrogens is 3. The molecule has 0 saturated carbocycles. The van der Waals surface area contributed by atoms with Gasteiger partial charge in [-0.3, -0.25) is 0 Å². The molecular weight excluding hydrogens is 328 g/mol. The summed E-state index contributed by atoms with van der Waals surface area (Å²) in [4.78, 5) is 2.35. The molecule has 3 N–H and O–H groups in total. The van der Waals surface area contributed by atoms with Crippen LogP contribution >= 0.6 is 0 Å². The molecular formula is C17H23F2N5O. The van der Waals surface area contributed by atoms with E-state index in [1.165, 1.54) is 4.68 Å². The predicted molar refractivity (Wildman–Crippen MR) is 88.7 cm³/mol. The second kappa shape index (κ2) is 7.99. The summed E-state index contributed by atoms with van der Waals surface area (Å²) in [5.74, 6) is -1.23. The Bertz CT molecular complexity index is 700. The molecule has 0 bridgehead atoms. The molecule has 0 aliphatic carbocycles. The third-order valence-corrected chi connectivity index (χ3v) is 4.58. The summed E-state index contributed by atoms with van der Waals surface area (Å²) in [6.45, 7) is 2.89. The molecule has 1 aliphatic rings. The minimum Gasteiger partial charge on any atom is -0.386 e. The lowest BCUT2D eigenvalue weighted by Gasteiger charge is -2.29. The van der Waals surface area contributed by atoms with Crippen molar-refractivity contribution < 1.29 is 13.9 Å². The van der Waals surface area contributed by atoms with E-state index in [1.54, 1.807) is 6.20 Å². The van der Waals surface area contributed by atoms with Crippen molar-refractivity contribution in [3.63, 3.8) is 0 Å². The average Bonchev–Trinajstić information content (AvgIpc) is 3.04. The lowest BCUT2D eigenvalue weighted by Crippen LogP contribution is -2.40. The summed E-state index contributed by atoms with van der Waals surface area (Å²) in [7, 11) is 0. The summed E-state index contributed by atoms with van der Waals surface area (Å²) in [6, 6.07) is 3.33. The van der Waals surface area contributed by atoms with Gasteiger partial charge in [-0.25, -0.2) is 13.5 Å². The highest BCUT2D eigenvalue weighted by atomic mass is 19.1. The van der Waals surface area contributed by atoms with Gasteiger partial charge in [0.1, 0.15) is 17.7 Å². The van der Waals surface area contributed by atoms with Crippen molar-refractivity contribution in [3.8, 4) is 0 Å². The molecule has 1 saturated heterocycles. The van der Waals surface area contributed by atoms with Crippen molar-refractivity contribution in [1.82, 2.24) is 19.9 Å². The molecule has 3 rings (SSSR count). The molecule has 8 heteroatoms. The van der Waals surface area contributed by atoms with Crippen molar-refractivity contribution in [2.24, 2.45) is 5.73 Å². The first kappa shape index (κ1) is 17.9. The number of hydrogen-bond acceptors (Lipinski definition) is 5. The Hall–Kier alpha value is -1.90. The SMILES string of the molecule is NC1CCN(CCc2cn(CC(O)c3cc(F)ccc3F)nn2)CC1. The minimum atomic E-state index is -1.19. The summed E-state index contributed by atoms with van der Waals surface area (Å²) >= 11 is 0. The van der Waals surface area contributed by atoms with Crippen molar-refractivity contribution in [1.29, 1.82) is 0 Å². The highest BCUT2D eigenvalue weighted by Crippen LogP contribution is 2.19. The summed E-state index contributed by atoms with van der Waals surface area (Å²) < 4.78 is 28.4. The first-order valence-corrected chi connectivity index (χ1v) is 8.51. The number of aliphatic hydroxyl groups excluding tert-OH is 1. The van der Waals surface area contributed by atoms with E-state index in [0.717, 1.165) is 62.8 Å². The van der Waals surface area contributed by atoms with E-state index >= 15 is 0 Å². The molecule has 1 fully saturated rings. The van der Waals surface area contributed by atoms with Gasteiger partial charge in [0.25, 0.3) is 0 Å². The van der Waals surface area contributed by atoms with E-state index in [1.807, 2.05) is 0 Å². The highest BCUT2D eigenvalue weighted by molar-refractivity contribution is 5.21. The van der Waals surface area contributed by atoms with Gasteiger partial charge >= 0.3 is 0 Å². The van der Waals surface area contributed by atoms with E-state index < -0.39 is 17.7 Å². The van der Waals surface area contributed by atoms with Crippen LogP contribution in [0.25, 0.3) is 0 Å². The molecule has 6 nitrogen and oxygen atoms in total. The van der Waals surface area contributed by atoms with Crippen LogP contribution in [0.3, 0.4) is 0 Å². The van der Waals surface area contributed by atoms with Gasteiger partial charge in [0.15, 0.2) is 0 Å². The van der Waals surface area contributed by atoms with Gasteiger partial charge in [-0.2, -0.15) is 0 Å². The van der Waals surface area contributed by atoms with Crippen LogP contribution in [0.1, 0.15) is 30.2 Å². The Morgan fingerprint density at radius 2 is 2.04 bits per heavy atom. The van der Waals surface area contributed by atoms with Crippen molar-refractivity contribution in [3.05, 3.63) is 47.3 Å². The molecule has 1 aromatic carbocycles. The highest BCUT2D eigenvalue weighted by Gasteiger charge is 2.17. The quantitative estimate of drug-likeness (QED) is 0.819. The Labute approximate surface area is 145 Å². The van der Waals surface area contributed by atoms with Crippen LogP contribution in [0, 0.1) is 11.6 Å². The number of halogens is 2. The third kappa shape index (κ3) is 4.81. The maximum absolute atomic E-state index is 13.7. The number of piperidine rings is 1. The van der Waals surface area contributed by atoms with Gasteiger partial charge in [-0.1, -0.05) is 5.21 Å². The Morgan fingerprint density at radius 3 is 2.80 bits per heavy atom. The fourth-order valence-corrected chi connectivity index (χ4v) is 3.04. The normalized spacial score (nSPS) is 17.8. The predicted octanol–water partition coefficient (Wildman–Crippen LogP) is 1.26. The number of aliphatic hydroxyl groups is 1. The number of nitrogens with zero attached hydrogens (tertiary/aromatic N) is 4. The monoisotopic (exact) mass is 351 g/mol. The van der Waals surface area contributed by atoms with Crippen molar-refractivity contribution >= 4 is 0 Å². The van der Waals surface area contributed by atoms with Crippen LogP contribution in [0.4, 0.5) is 8.78 Å². The molecule has 0 amide bonds. The molecule has 1 aromatic heterocycles. The lowest BCUT2D eigenvalue weighted by atomic mass is 10.1. The number of rotatable bonds is 6. The van der Waals surface area contributed by atoms with Crippen LogP contribution in [-0.4, -0.2) is 50.7 Å². The van der Waals surface area contributed by atoms with Crippen LogP contribution in [0.5, 0.6) is 0 Å². The van der Waals surface area contributed by atoms with Gasteiger partial charge in [0.05, 0.1) is 12.2 Å². The first-order chi connectivity index (χ1) is 12.0. The van der Waals surface area contributed by atoms with Gasteiger partial charge in [-0.15, -0.1) is 5.10 Å². The molecule has 2 aromatic rings. The summed E-state index contributed by atoms with van der Waals surface area (Å²) in [5.41, 5.74) is 6.62. The first-order valence-electron chi connectivity index (χ1n) is 8.51. The summed E-state index contributed by atoms with van der Waals surface area (Å²) in [6.07, 6.45) is 3.32. The maximum atomic E-state index is 13.7. The van der Waals surface area contributed by atoms with E-state index in [0.29, 0.717) is 6.04 Å². The van der Waals surface area contributed by atoms with Gasteiger partial charge in [-0.05, 0) is 44.1 Å². The maximum Gasteiger partial charge on any atom is 0.129 e. The number of benzene rings is 1. The van der Waals surface area contributed by atoms with Crippen LogP contribution in [-0.2, 0) is 13.0 Å². The molecule has 25 heavy (non-hydrogen) atoms. The fourth-order valence-electron chi connectivity index (χ4n) is 3.04. The van der Waals surface area contributed by atoms with Crippen LogP contribution in [0.2, 0.25) is 0 Å². The smallest absolute Gasteiger partial charge is 0.129 e. The Kier molecular flexibility index (Phi) is 5.72. The molecule has 1 aliphatic heterocycles. The van der Waals surface area contributed by atoms with Crippen molar-refractivity contribution in [2.75, 3.05) is 19.6 Å². The Morgan fingerprint density at radius 1 is 1.28 bits per heavy atom. The van der Waals surface area contributed by atoms with Gasteiger partial charge in [0.2, 0.25) is 0 Å². The molecule has 1 unspecified atom stereocenters. The average molecular weight is 351 g/mol. The number of nitrogens with two attached hydrogens (primary N) is 1. The van der Waals surface area contributed by atoms with Crippen LogP contribution in [0.15, 0.2) is 24.4 Å². The van der Waals surface area contributed by atoms with E-state index in [-0.39, 0.29) is 12.1 Å². The second-order valence-corrected chi connectivity index (χ2v) is 6.54. The minimum absolute atomic E-state index is 0.0198. The number of likely N-dealkylation sites (tertiary alicyclic amines) is 1. The second-order valence-electron chi connectivity index (χ2n) is 6.54. The molecule has 0 spiro atoms. The third-order valence-electron chi connectivity index (χ3n) is 4.58. The standard InChI is InChI=1S/C17H23F2N5O/c18-12-1-2-16(19)15(9-12)17(25)11-24-10-14(21-22-24)5-8-23-6-3-13(20)4-7-23/h1-2,9-10,13,17,25H,3-8,11,20H2. The largest absolute Gasteiger partial charge is 0.386 e. The zero-order valence-corrected chi connectivity index (χ0v) is 14.0. The van der Waals surface area contributed by atoms with E-state index in [2.05, 4.69) is 15.2 Å². The van der Waals surface area contributed by atoms with E-state index in [4.69, 9.17) is 5.73 Å². The fraction of sp³-hybridized carbons (Fsp3) is 0.529. The zero-order valence-electron chi connectivity index (χ0n) is 14.0. The molecule has 2 heterocycles. The number of hydrogen-bond donors (Lipinski definition) is 2. The van der Waals surface area contributed by atoms with Gasteiger partial charge in [0, 0.05) is 30.8 Å². The summed E-state index contributed by atoms with van der Waals surface area (Å²) in [5, 5.41) is 18.2. The molecule has 136 valence electrons. The van der Waals surface area contributed by atoms with Gasteiger partial charge < -0.3 is 15.7 Å². The zero-order chi connectivity index (χ0) is 17.8. The van der Waals surface area contributed by atoms with E-state index in [9.17, 15) is 13.9 Å².